The summed E-state index contributed by atoms with van der Waals surface area (Å²) in [6.07, 6.45) is -4.84. The second-order valence-electron chi connectivity index (χ2n) is 2.73. The Labute approximate surface area is 86.9 Å². The smallest absolute Gasteiger partial charge is 0.171 e. The van der Waals surface area contributed by atoms with Crippen molar-refractivity contribution >= 4 is 27.3 Å². The fourth-order valence-electron chi connectivity index (χ4n) is 1.05. The van der Waals surface area contributed by atoms with Crippen molar-refractivity contribution in [2.75, 3.05) is 5.33 Å². The molecule has 0 bridgehead atoms. The highest BCUT2D eigenvalue weighted by Crippen LogP contribution is 2.33. The fraction of sp³-hybridized carbons (Fsp3) is 0.500. The second-order valence-corrected chi connectivity index (χ2v) is 4.15. The molecule has 74 valence electrons. The molecule has 1 atom stereocenters. The topological polar surface area (TPSA) is 0 Å². The summed E-state index contributed by atoms with van der Waals surface area (Å²) in [6, 6.07) is 1.74. The normalized spacial score (nSPS) is 14.5. The van der Waals surface area contributed by atoms with Crippen molar-refractivity contribution in [3.8, 4) is 0 Å². The average Bonchev–Trinajstić information content (AvgIpc) is 2.50. The van der Waals surface area contributed by atoms with E-state index in [1.807, 2.05) is 0 Å². The molecule has 0 aliphatic heterocycles. The Hall–Kier alpha value is -0.0300. The van der Waals surface area contributed by atoms with E-state index in [0.29, 0.717) is 5.33 Å². The van der Waals surface area contributed by atoms with Crippen molar-refractivity contribution in [3.63, 3.8) is 0 Å². The van der Waals surface area contributed by atoms with Crippen LogP contribution in [0.15, 0.2) is 16.8 Å². The number of thiophene rings is 1. The quantitative estimate of drug-likeness (QED) is 0.725. The van der Waals surface area contributed by atoms with E-state index < -0.39 is 18.5 Å². The lowest BCUT2D eigenvalue weighted by Crippen LogP contribution is -2.14. The first-order valence-electron chi connectivity index (χ1n) is 3.68. The van der Waals surface area contributed by atoms with Crippen LogP contribution in [0.5, 0.6) is 0 Å². The zero-order valence-corrected chi connectivity index (χ0v) is 9.05. The molecule has 0 saturated heterocycles. The van der Waals surface area contributed by atoms with Gasteiger partial charge >= 0.3 is 6.18 Å². The van der Waals surface area contributed by atoms with E-state index in [9.17, 15) is 13.2 Å². The van der Waals surface area contributed by atoms with Crippen LogP contribution in [0.1, 0.15) is 17.9 Å². The molecule has 1 aromatic heterocycles. The molecule has 0 spiro atoms. The number of halogens is 4. The largest absolute Gasteiger partial charge is 0.389 e. The molecule has 1 unspecified atom stereocenters. The van der Waals surface area contributed by atoms with Crippen LogP contribution in [-0.2, 0) is 0 Å². The molecule has 0 amide bonds. The number of rotatable bonds is 3. The molecular weight excluding hydrogens is 265 g/mol. The molecule has 0 nitrogen and oxygen atoms in total. The first-order chi connectivity index (χ1) is 6.03. The summed E-state index contributed by atoms with van der Waals surface area (Å²) in [7, 11) is 0. The minimum atomic E-state index is -4.08. The summed E-state index contributed by atoms with van der Waals surface area (Å²) in [5, 5.41) is 3.91. The third-order valence-electron chi connectivity index (χ3n) is 1.68. The lowest BCUT2D eigenvalue weighted by molar-refractivity contribution is -0.137. The molecule has 13 heavy (non-hydrogen) atoms. The fourth-order valence-corrected chi connectivity index (χ4v) is 2.39. The Balaban J connectivity index is 2.64. The molecule has 1 heterocycles. The van der Waals surface area contributed by atoms with E-state index in [1.54, 1.807) is 16.8 Å². The lowest BCUT2D eigenvalue weighted by atomic mass is 10.0. The molecule has 0 fully saturated rings. The molecule has 0 saturated carbocycles. The summed E-state index contributed by atoms with van der Waals surface area (Å²) < 4.78 is 36.2. The highest BCUT2D eigenvalue weighted by atomic mass is 79.9. The average molecular weight is 273 g/mol. The summed E-state index contributed by atoms with van der Waals surface area (Å²) in [5.74, 6) is -0.453. The van der Waals surface area contributed by atoms with E-state index in [1.165, 1.54) is 11.3 Å². The Kier molecular flexibility index (Phi) is 3.79. The number of hydrogen-bond donors (Lipinski definition) is 0. The maximum atomic E-state index is 12.1. The van der Waals surface area contributed by atoms with Crippen molar-refractivity contribution in [1.82, 2.24) is 0 Å². The minimum absolute atomic E-state index is 0.350. The SMILES string of the molecule is FC(F)(F)CC(CBr)c1ccsc1. The second kappa shape index (κ2) is 4.46. The molecule has 0 aromatic carbocycles. The van der Waals surface area contributed by atoms with Gasteiger partial charge in [-0.3, -0.25) is 0 Å². The van der Waals surface area contributed by atoms with E-state index >= 15 is 0 Å². The molecule has 1 rings (SSSR count). The first-order valence-corrected chi connectivity index (χ1v) is 5.74. The van der Waals surface area contributed by atoms with Crippen molar-refractivity contribution in [2.45, 2.75) is 18.5 Å². The van der Waals surface area contributed by atoms with E-state index in [-0.39, 0.29) is 0 Å². The third-order valence-corrected chi connectivity index (χ3v) is 3.16. The molecular formula is C8H8BrF3S. The molecule has 0 N–H and O–H groups in total. The Morgan fingerprint density at radius 1 is 1.46 bits per heavy atom. The van der Waals surface area contributed by atoms with Crippen LogP contribution in [0.2, 0.25) is 0 Å². The number of alkyl halides is 4. The van der Waals surface area contributed by atoms with Crippen LogP contribution in [0.3, 0.4) is 0 Å². The van der Waals surface area contributed by atoms with Gasteiger partial charge in [0.2, 0.25) is 0 Å². The van der Waals surface area contributed by atoms with Crippen molar-refractivity contribution in [1.29, 1.82) is 0 Å². The molecule has 5 heteroatoms. The van der Waals surface area contributed by atoms with Gasteiger partial charge in [0.15, 0.2) is 0 Å². The van der Waals surface area contributed by atoms with Crippen LogP contribution in [0.4, 0.5) is 13.2 Å². The summed E-state index contributed by atoms with van der Waals surface area (Å²) in [5.41, 5.74) is 0.763. The zero-order valence-electron chi connectivity index (χ0n) is 6.64. The Morgan fingerprint density at radius 2 is 2.15 bits per heavy atom. The van der Waals surface area contributed by atoms with Gasteiger partial charge in [0.05, 0.1) is 6.42 Å². The van der Waals surface area contributed by atoms with Crippen molar-refractivity contribution < 1.29 is 13.2 Å². The van der Waals surface area contributed by atoms with Crippen molar-refractivity contribution in [3.05, 3.63) is 22.4 Å². The Morgan fingerprint density at radius 3 is 2.54 bits per heavy atom. The molecule has 0 radical (unpaired) electrons. The highest BCUT2D eigenvalue weighted by Gasteiger charge is 2.32. The van der Waals surface area contributed by atoms with Gasteiger partial charge in [0, 0.05) is 11.2 Å². The molecule has 0 aliphatic carbocycles. The minimum Gasteiger partial charge on any atom is -0.171 e. The van der Waals surface area contributed by atoms with Crippen LogP contribution in [0, 0.1) is 0 Å². The monoisotopic (exact) mass is 272 g/mol. The summed E-state index contributed by atoms with van der Waals surface area (Å²) in [4.78, 5) is 0. The van der Waals surface area contributed by atoms with Gasteiger partial charge in [-0.25, -0.2) is 0 Å². The van der Waals surface area contributed by atoms with Crippen LogP contribution in [0.25, 0.3) is 0 Å². The highest BCUT2D eigenvalue weighted by molar-refractivity contribution is 9.09. The maximum absolute atomic E-state index is 12.1. The lowest BCUT2D eigenvalue weighted by Gasteiger charge is -2.14. The number of hydrogen-bond acceptors (Lipinski definition) is 1. The van der Waals surface area contributed by atoms with Crippen LogP contribution < -0.4 is 0 Å². The van der Waals surface area contributed by atoms with Gasteiger partial charge in [-0.05, 0) is 22.4 Å². The summed E-state index contributed by atoms with van der Waals surface area (Å²) in [6.45, 7) is 0. The zero-order chi connectivity index (χ0) is 9.90. The van der Waals surface area contributed by atoms with Gasteiger partial charge < -0.3 is 0 Å². The molecule has 0 aliphatic rings. The standard InChI is InChI=1S/C8H8BrF3S/c9-4-7(3-8(10,11)12)6-1-2-13-5-6/h1-2,5,7H,3-4H2. The maximum Gasteiger partial charge on any atom is 0.389 e. The van der Waals surface area contributed by atoms with E-state index in [2.05, 4.69) is 15.9 Å². The van der Waals surface area contributed by atoms with Gasteiger partial charge in [-0.2, -0.15) is 24.5 Å². The van der Waals surface area contributed by atoms with Crippen molar-refractivity contribution in [2.24, 2.45) is 0 Å². The van der Waals surface area contributed by atoms with E-state index in [0.717, 1.165) is 5.56 Å². The first kappa shape index (κ1) is 11.0. The van der Waals surface area contributed by atoms with Crippen LogP contribution >= 0.6 is 27.3 Å². The summed E-state index contributed by atoms with van der Waals surface area (Å²) >= 11 is 4.52. The van der Waals surface area contributed by atoms with Gasteiger partial charge in [0.25, 0.3) is 0 Å². The predicted molar refractivity (Wildman–Crippen MR) is 51.5 cm³/mol. The third kappa shape index (κ3) is 3.68. The van der Waals surface area contributed by atoms with Gasteiger partial charge in [-0.1, -0.05) is 15.9 Å². The van der Waals surface area contributed by atoms with Crippen LogP contribution in [-0.4, -0.2) is 11.5 Å². The van der Waals surface area contributed by atoms with Gasteiger partial charge in [-0.15, -0.1) is 0 Å². The Bertz CT molecular complexity index is 242. The molecule has 1 aromatic rings. The van der Waals surface area contributed by atoms with Gasteiger partial charge in [0.1, 0.15) is 0 Å². The van der Waals surface area contributed by atoms with E-state index in [4.69, 9.17) is 0 Å². The predicted octanol–water partition coefficient (Wildman–Crippen LogP) is 4.18.